The van der Waals surface area contributed by atoms with Gasteiger partial charge in [0.25, 0.3) is 0 Å². The van der Waals surface area contributed by atoms with Crippen molar-refractivity contribution in [3.8, 4) is 22.6 Å². The Morgan fingerprint density at radius 1 is 0.649 bits per heavy atom. The van der Waals surface area contributed by atoms with Crippen LogP contribution in [0.4, 0.5) is 4.39 Å². The van der Waals surface area contributed by atoms with Crippen LogP contribution in [0.3, 0.4) is 0 Å². The average molecular weight is 499 g/mol. The maximum absolute atomic E-state index is 12.7. The van der Waals surface area contributed by atoms with Gasteiger partial charge in [-0.25, -0.2) is 4.39 Å². The van der Waals surface area contributed by atoms with E-state index in [4.69, 9.17) is 9.47 Å². The zero-order valence-electron chi connectivity index (χ0n) is 20.8. The van der Waals surface area contributed by atoms with Gasteiger partial charge in [-0.1, -0.05) is 79.7 Å². The summed E-state index contributed by atoms with van der Waals surface area (Å²) in [5, 5.41) is 19.4. The zero-order valence-corrected chi connectivity index (χ0v) is 20.8. The lowest BCUT2D eigenvalue weighted by Crippen LogP contribution is -2.28. The number of hydrogen-bond donors (Lipinski definition) is 2. The molecular weight excluding hydrogens is 467 g/mol. The highest BCUT2D eigenvalue weighted by atomic mass is 19.1. The third-order valence-corrected chi connectivity index (χ3v) is 7.06. The second-order valence-electron chi connectivity index (χ2n) is 9.38. The molecule has 0 radical (unpaired) electrons. The molecule has 0 spiro atoms. The second kappa shape index (κ2) is 10.8. The fraction of sp³-hybridized carbons (Fsp3) is 0.250. The Labute approximate surface area is 216 Å². The van der Waals surface area contributed by atoms with Gasteiger partial charge >= 0.3 is 0 Å². The van der Waals surface area contributed by atoms with Crippen molar-refractivity contribution in [3.05, 3.63) is 119 Å². The molecule has 4 nitrogen and oxygen atoms in total. The Kier molecular flexibility index (Phi) is 7.26. The van der Waals surface area contributed by atoms with Crippen molar-refractivity contribution < 1.29 is 24.1 Å². The number of halogens is 1. The van der Waals surface area contributed by atoms with Gasteiger partial charge in [0.05, 0.1) is 11.5 Å². The van der Waals surface area contributed by atoms with E-state index >= 15 is 0 Å². The second-order valence-corrected chi connectivity index (χ2v) is 9.38. The van der Waals surface area contributed by atoms with Crippen molar-refractivity contribution in [1.29, 1.82) is 0 Å². The summed E-state index contributed by atoms with van der Waals surface area (Å²) in [4.78, 5) is 0. The van der Waals surface area contributed by atoms with Crippen LogP contribution >= 0.6 is 0 Å². The van der Waals surface area contributed by atoms with Gasteiger partial charge in [0.15, 0.2) is 0 Å². The zero-order chi connectivity index (χ0) is 25.8. The van der Waals surface area contributed by atoms with Crippen LogP contribution in [0, 0.1) is 0 Å². The van der Waals surface area contributed by atoms with Crippen molar-refractivity contribution in [2.45, 2.75) is 31.0 Å². The molecule has 0 saturated carbocycles. The van der Waals surface area contributed by atoms with E-state index in [9.17, 15) is 14.6 Å². The van der Waals surface area contributed by atoms with Crippen molar-refractivity contribution in [2.24, 2.45) is 0 Å². The highest BCUT2D eigenvalue weighted by Crippen LogP contribution is 2.56. The third-order valence-electron chi connectivity index (χ3n) is 7.06. The number of alkyl halides is 1. The number of benzene rings is 4. The van der Waals surface area contributed by atoms with Gasteiger partial charge in [0.2, 0.25) is 0 Å². The highest BCUT2D eigenvalue weighted by Gasteiger charge is 2.45. The summed E-state index contributed by atoms with van der Waals surface area (Å²) in [5.41, 5.74) is 6.35. The first kappa shape index (κ1) is 25.0. The topological polar surface area (TPSA) is 58.9 Å². The van der Waals surface area contributed by atoms with E-state index in [0.717, 1.165) is 11.1 Å². The van der Waals surface area contributed by atoms with E-state index in [0.29, 0.717) is 17.9 Å². The van der Waals surface area contributed by atoms with Crippen LogP contribution in [-0.4, -0.2) is 42.3 Å². The lowest BCUT2D eigenvalue weighted by atomic mass is 9.68. The van der Waals surface area contributed by atoms with Crippen LogP contribution in [0.5, 0.6) is 11.5 Å². The maximum atomic E-state index is 12.7. The molecule has 4 aromatic carbocycles. The van der Waals surface area contributed by atoms with E-state index in [2.05, 4.69) is 60.7 Å². The first-order valence-electron chi connectivity index (χ1n) is 12.7. The minimum Gasteiger partial charge on any atom is -0.491 e. The van der Waals surface area contributed by atoms with Crippen molar-refractivity contribution in [2.75, 3.05) is 19.9 Å². The lowest BCUT2D eigenvalue weighted by Gasteiger charge is -2.34. The average Bonchev–Trinajstić information content (AvgIpc) is 3.26. The van der Waals surface area contributed by atoms with Crippen LogP contribution in [0.25, 0.3) is 11.1 Å². The van der Waals surface area contributed by atoms with Crippen LogP contribution < -0.4 is 9.47 Å². The fourth-order valence-electron chi connectivity index (χ4n) is 5.17. The summed E-state index contributed by atoms with van der Waals surface area (Å²) in [6.07, 6.45) is -0.994. The molecule has 2 N–H and O–H groups in total. The monoisotopic (exact) mass is 498 g/mol. The van der Waals surface area contributed by atoms with E-state index in [1.54, 1.807) is 0 Å². The fourth-order valence-corrected chi connectivity index (χ4v) is 5.17. The molecule has 37 heavy (non-hydrogen) atoms. The molecule has 0 heterocycles. The normalized spacial score (nSPS) is 14.9. The Morgan fingerprint density at radius 3 is 1.51 bits per heavy atom. The third kappa shape index (κ3) is 4.61. The smallest absolute Gasteiger partial charge is 0.119 e. The molecular formula is C32H31FO4. The summed E-state index contributed by atoms with van der Waals surface area (Å²) in [7, 11) is 0. The number of aliphatic hydroxyl groups is 2. The molecule has 5 rings (SSSR count). The van der Waals surface area contributed by atoms with Gasteiger partial charge < -0.3 is 19.7 Å². The van der Waals surface area contributed by atoms with Gasteiger partial charge in [-0.2, -0.15) is 0 Å². The quantitative estimate of drug-likeness (QED) is 0.251. The number of rotatable bonds is 10. The van der Waals surface area contributed by atoms with Gasteiger partial charge in [0, 0.05) is 0 Å². The summed E-state index contributed by atoms with van der Waals surface area (Å²) in [5.74, 6) is 1.28. The van der Waals surface area contributed by atoms with Gasteiger partial charge in [0.1, 0.15) is 37.5 Å². The molecule has 4 aromatic rings. The van der Waals surface area contributed by atoms with Gasteiger partial charge in [-0.15, -0.1) is 0 Å². The van der Waals surface area contributed by atoms with E-state index < -0.39 is 24.3 Å². The largest absolute Gasteiger partial charge is 0.491 e. The predicted octanol–water partition coefficient (Wildman–Crippen LogP) is 5.91. The molecule has 0 saturated heterocycles. The minimum atomic E-state index is -1.14. The van der Waals surface area contributed by atoms with E-state index in [1.165, 1.54) is 22.3 Å². The number of ether oxygens (including phenoxy) is 2. The van der Waals surface area contributed by atoms with Crippen LogP contribution in [0.2, 0.25) is 0 Å². The first-order valence-corrected chi connectivity index (χ1v) is 12.7. The molecule has 1 aliphatic carbocycles. The molecule has 0 fully saturated rings. The molecule has 0 bridgehead atoms. The summed E-state index contributed by atoms with van der Waals surface area (Å²) in [6, 6.07) is 32.9. The lowest BCUT2D eigenvalue weighted by molar-refractivity contribution is 0.0842. The summed E-state index contributed by atoms with van der Waals surface area (Å²) in [6.45, 7) is 1.24. The SMILES string of the molecule is CCC(O)COc1ccc(C2(c3ccc(OCC(O)CF)cc3)c3ccccc3-c3ccccc32)cc1. The number of aliphatic hydroxyl groups excluding tert-OH is 2. The van der Waals surface area contributed by atoms with Crippen molar-refractivity contribution in [3.63, 3.8) is 0 Å². The molecule has 1 aliphatic rings. The van der Waals surface area contributed by atoms with Gasteiger partial charge in [-0.3, -0.25) is 0 Å². The first-order chi connectivity index (χ1) is 18.1. The highest BCUT2D eigenvalue weighted by molar-refractivity contribution is 5.86. The van der Waals surface area contributed by atoms with Crippen molar-refractivity contribution in [1.82, 2.24) is 0 Å². The van der Waals surface area contributed by atoms with E-state index in [-0.39, 0.29) is 13.2 Å². The minimum absolute atomic E-state index is 0.0964. The molecule has 0 amide bonds. The van der Waals surface area contributed by atoms with Gasteiger partial charge in [-0.05, 0) is 64.1 Å². The maximum Gasteiger partial charge on any atom is 0.119 e. The van der Waals surface area contributed by atoms with Crippen LogP contribution in [0.1, 0.15) is 35.6 Å². The number of fused-ring (bicyclic) bond motifs is 3. The molecule has 2 atom stereocenters. The summed E-state index contributed by atoms with van der Waals surface area (Å²) >= 11 is 0. The number of hydrogen-bond acceptors (Lipinski definition) is 4. The molecule has 190 valence electrons. The Bertz CT molecular complexity index is 1230. The molecule has 0 aromatic heterocycles. The Balaban J connectivity index is 1.61. The van der Waals surface area contributed by atoms with Crippen molar-refractivity contribution >= 4 is 0 Å². The van der Waals surface area contributed by atoms with E-state index in [1.807, 2.05) is 43.3 Å². The molecule has 5 heteroatoms. The van der Waals surface area contributed by atoms with Crippen LogP contribution in [0.15, 0.2) is 97.1 Å². The Morgan fingerprint density at radius 2 is 1.08 bits per heavy atom. The Hall–Kier alpha value is -3.67. The predicted molar refractivity (Wildman–Crippen MR) is 143 cm³/mol. The molecule has 0 aliphatic heterocycles. The summed E-state index contributed by atoms with van der Waals surface area (Å²) < 4.78 is 24.1. The van der Waals surface area contributed by atoms with Crippen LogP contribution in [-0.2, 0) is 5.41 Å². The standard InChI is InChI=1S/C32H31FO4/c1-2-24(34)20-36-26-15-11-22(12-16-26)32(23-13-17-27(18-14-23)37-21-25(35)19-33)30-9-5-3-7-28(30)29-8-4-6-10-31(29)32/h3-18,24-25,34-35H,2,19-21H2,1H3. The molecule has 2 unspecified atom stereocenters.